The number of anilines is 1. The van der Waals surface area contributed by atoms with E-state index in [2.05, 4.69) is 10.3 Å². The van der Waals surface area contributed by atoms with E-state index in [0.29, 0.717) is 27.3 Å². The van der Waals surface area contributed by atoms with Crippen molar-refractivity contribution in [3.63, 3.8) is 0 Å². The molecule has 128 valence electrons. The Hall–Kier alpha value is -2.70. The molecule has 7 heteroatoms. The molecule has 0 spiro atoms. The smallest absolute Gasteiger partial charge is 0.270 e. The van der Waals surface area contributed by atoms with E-state index in [1.54, 1.807) is 43.3 Å². The van der Waals surface area contributed by atoms with Crippen molar-refractivity contribution in [2.24, 2.45) is 0 Å². The normalized spacial score (nSPS) is 13.4. The molecule has 3 rings (SSSR count). The lowest BCUT2D eigenvalue weighted by Gasteiger charge is -2.25. The Morgan fingerprint density at radius 2 is 2.00 bits per heavy atom. The third kappa shape index (κ3) is 3.70. The average Bonchev–Trinajstić information content (AvgIpc) is 2.59. The first-order chi connectivity index (χ1) is 11.9. The first-order valence-corrected chi connectivity index (χ1v) is 8.01. The number of nitro groups is 1. The van der Waals surface area contributed by atoms with Crippen molar-refractivity contribution in [3.05, 3.63) is 75.3 Å². The first-order valence-electron chi connectivity index (χ1n) is 7.63. The molecular formula is C18H16ClN3O3. The number of fused-ring (bicyclic) bond motifs is 1. The molecule has 0 aliphatic rings. The molecule has 2 N–H and O–H groups in total. The van der Waals surface area contributed by atoms with E-state index in [4.69, 9.17) is 11.6 Å². The van der Waals surface area contributed by atoms with Crippen LogP contribution in [0.15, 0.2) is 54.6 Å². The average molecular weight is 358 g/mol. The fourth-order valence-corrected chi connectivity index (χ4v) is 2.92. The van der Waals surface area contributed by atoms with Crippen molar-refractivity contribution in [1.82, 2.24) is 4.98 Å². The second kappa shape index (κ2) is 6.66. The minimum absolute atomic E-state index is 0.0247. The summed E-state index contributed by atoms with van der Waals surface area (Å²) in [6.07, 6.45) is 0. The quantitative estimate of drug-likeness (QED) is 0.529. The van der Waals surface area contributed by atoms with Gasteiger partial charge in [-0.1, -0.05) is 29.8 Å². The molecule has 1 aromatic heterocycles. The van der Waals surface area contributed by atoms with Gasteiger partial charge in [-0.3, -0.25) is 10.1 Å². The zero-order chi connectivity index (χ0) is 18.0. The number of non-ortho nitro benzene ring substituents is 1. The van der Waals surface area contributed by atoms with Gasteiger partial charge < -0.3 is 10.4 Å². The van der Waals surface area contributed by atoms with E-state index >= 15 is 0 Å². The highest BCUT2D eigenvalue weighted by molar-refractivity contribution is 6.31. The van der Waals surface area contributed by atoms with E-state index in [1.807, 2.05) is 6.07 Å². The molecule has 0 amide bonds. The Kier molecular flexibility index (Phi) is 4.57. The largest absolute Gasteiger partial charge is 0.384 e. The highest BCUT2D eigenvalue weighted by atomic mass is 35.5. The maximum atomic E-state index is 10.8. The number of rotatable bonds is 5. The Morgan fingerprint density at radius 3 is 2.72 bits per heavy atom. The summed E-state index contributed by atoms with van der Waals surface area (Å²) in [7, 11) is 0. The molecule has 6 nitrogen and oxygen atoms in total. The van der Waals surface area contributed by atoms with Gasteiger partial charge >= 0.3 is 0 Å². The van der Waals surface area contributed by atoms with Gasteiger partial charge in [0.1, 0.15) is 11.4 Å². The number of nitrogens with one attached hydrogen (secondary N) is 1. The minimum Gasteiger partial charge on any atom is -0.384 e. The van der Waals surface area contributed by atoms with Crippen LogP contribution in [0, 0.1) is 10.1 Å². The first kappa shape index (κ1) is 17.1. The molecule has 25 heavy (non-hydrogen) atoms. The lowest BCUT2D eigenvalue weighted by molar-refractivity contribution is -0.384. The number of halogens is 1. The molecule has 0 bridgehead atoms. The molecule has 1 atom stereocenters. The monoisotopic (exact) mass is 357 g/mol. The van der Waals surface area contributed by atoms with Gasteiger partial charge in [0.25, 0.3) is 5.69 Å². The van der Waals surface area contributed by atoms with Crippen LogP contribution in [-0.4, -0.2) is 21.6 Å². The number of nitro benzene ring substituents is 1. The maximum absolute atomic E-state index is 10.8. The molecule has 3 aromatic rings. The van der Waals surface area contributed by atoms with Gasteiger partial charge in [0.05, 0.1) is 10.4 Å². The summed E-state index contributed by atoms with van der Waals surface area (Å²) in [5.74, 6) is 0.564. The fourth-order valence-electron chi connectivity index (χ4n) is 2.58. The molecule has 2 aromatic carbocycles. The molecule has 0 saturated carbocycles. The number of pyridine rings is 1. The topological polar surface area (TPSA) is 88.3 Å². The van der Waals surface area contributed by atoms with Crippen molar-refractivity contribution in [2.45, 2.75) is 12.5 Å². The minimum atomic E-state index is -1.18. The molecule has 0 aliphatic heterocycles. The molecule has 1 heterocycles. The highest BCUT2D eigenvalue weighted by Gasteiger charge is 2.25. The van der Waals surface area contributed by atoms with Crippen molar-refractivity contribution >= 4 is 34.0 Å². The van der Waals surface area contributed by atoms with Crippen LogP contribution in [0.5, 0.6) is 0 Å². The Labute approximate surface area is 149 Å². The van der Waals surface area contributed by atoms with E-state index in [9.17, 15) is 15.2 Å². The van der Waals surface area contributed by atoms with E-state index in [1.165, 1.54) is 12.1 Å². The lowest BCUT2D eigenvalue weighted by atomic mass is 9.96. The number of nitrogens with zero attached hydrogens (tertiary/aromatic N) is 2. The number of benzene rings is 2. The number of hydrogen-bond acceptors (Lipinski definition) is 5. The van der Waals surface area contributed by atoms with Crippen LogP contribution < -0.4 is 5.32 Å². The van der Waals surface area contributed by atoms with Gasteiger partial charge in [-0.25, -0.2) is 4.98 Å². The predicted molar refractivity (Wildman–Crippen MR) is 97.9 cm³/mol. The third-order valence-corrected chi connectivity index (χ3v) is 4.28. The second-order valence-corrected chi connectivity index (χ2v) is 6.35. The number of hydrogen-bond donors (Lipinski definition) is 2. The summed E-state index contributed by atoms with van der Waals surface area (Å²) in [6, 6.07) is 15.1. The van der Waals surface area contributed by atoms with Crippen molar-refractivity contribution in [3.8, 4) is 0 Å². The molecule has 0 fully saturated rings. The van der Waals surface area contributed by atoms with Crippen LogP contribution in [0.4, 0.5) is 11.5 Å². The Balaban J connectivity index is 1.80. The van der Waals surface area contributed by atoms with Gasteiger partial charge in [0.2, 0.25) is 0 Å². The number of aromatic nitrogens is 1. The summed E-state index contributed by atoms with van der Waals surface area (Å²) in [6.45, 7) is 1.88. The zero-order valence-corrected chi connectivity index (χ0v) is 14.2. The van der Waals surface area contributed by atoms with Crippen LogP contribution in [-0.2, 0) is 5.60 Å². The zero-order valence-electron chi connectivity index (χ0n) is 13.4. The van der Waals surface area contributed by atoms with Crippen LogP contribution >= 0.6 is 11.6 Å². The maximum Gasteiger partial charge on any atom is 0.270 e. The van der Waals surface area contributed by atoms with Crippen LogP contribution in [0.3, 0.4) is 0 Å². The van der Waals surface area contributed by atoms with Gasteiger partial charge in [0.15, 0.2) is 0 Å². The highest BCUT2D eigenvalue weighted by Crippen LogP contribution is 2.28. The van der Waals surface area contributed by atoms with Crippen LogP contribution in [0.25, 0.3) is 10.9 Å². The van der Waals surface area contributed by atoms with Crippen molar-refractivity contribution in [1.29, 1.82) is 0 Å². The molecular weight excluding hydrogens is 342 g/mol. The standard InChI is InChI=1S/C18H16ClN3O3/c1-18(23,14-4-2-3-5-15(14)19)11-20-17-9-6-12-10-13(22(24)25)7-8-16(12)21-17/h2-10,23H,11H2,1H3,(H,20,21). The van der Waals surface area contributed by atoms with Gasteiger partial charge in [-0.05, 0) is 31.2 Å². The Morgan fingerprint density at radius 1 is 1.24 bits per heavy atom. The van der Waals surface area contributed by atoms with E-state index in [0.717, 1.165) is 0 Å². The summed E-state index contributed by atoms with van der Waals surface area (Å²) in [4.78, 5) is 14.8. The van der Waals surface area contributed by atoms with Gasteiger partial charge in [-0.15, -0.1) is 0 Å². The van der Waals surface area contributed by atoms with Gasteiger partial charge in [0, 0.05) is 34.6 Å². The summed E-state index contributed by atoms with van der Waals surface area (Å²) < 4.78 is 0. The van der Waals surface area contributed by atoms with Gasteiger partial charge in [-0.2, -0.15) is 0 Å². The Bertz CT molecular complexity index is 944. The molecule has 0 saturated heterocycles. The molecule has 0 radical (unpaired) electrons. The van der Waals surface area contributed by atoms with Crippen molar-refractivity contribution < 1.29 is 10.0 Å². The van der Waals surface area contributed by atoms with Crippen LogP contribution in [0.2, 0.25) is 5.02 Å². The summed E-state index contributed by atoms with van der Waals surface area (Å²) in [5.41, 5.74) is 0.106. The SMILES string of the molecule is CC(O)(CNc1ccc2cc([N+](=O)[O-])ccc2n1)c1ccccc1Cl. The van der Waals surface area contributed by atoms with Crippen LogP contribution in [0.1, 0.15) is 12.5 Å². The summed E-state index contributed by atoms with van der Waals surface area (Å²) in [5, 5.41) is 25.8. The third-order valence-electron chi connectivity index (χ3n) is 3.95. The van der Waals surface area contributed by atoms with E-state index in [-0.39, 0.29) is 12.2 Å². The lowest BCUT2D eigenvalue weighted by Crippen LogP contribution is -2.31. The second-order valence-electron chi connectivity index (χ2n) is 5.94. The predicted octanol–water partition coefficient (Wildman–Crippen LogP) is 4.12. The number of aliphatic hydroxyl groups is 1. The summed E-state index contributed by atoms with van der Waals surface area (Å²) >= 11 is 6.15. The molecule has 1 unspecified atom stereocenters. The molecule has 0 aliphatic carbocycles. The van der Waals surface area contributed by atoms with Crippen molar-refractivity contribution in [2.75, 3.05) is 11.9 Å². The fraction of sp³-hybridized carbons (Fsp3) is 0.167. The van der Waals surface area contributed by atoms with E-state index < -0.39 is 10.5 Å².